The van der Waals surface area contributed by atoms with Crippen molar-refractivity contribution in [2.45, 2.75) is 19.8 Å². The summed E-state index contributed by atoms with van der Waals surface area (Å²) in [5.41, 5.74) is 1.45. The predicted octanol–water partition coefficient (Wildman–Crippen LogP) is 5.22. The smallest absolute Gasteiger partial charge is 0.0962 e. The molecule has 1 aromatic carbocycles. The Labute approximate surface area is 119 Å². The SMILES string of the molecule is CCC/C(C#N)=C(/Cl)c1cc(Cl)ccc1I. The molecule has 0 radical (unpaired) electrons. The Hall–Kier alpha value is -0.240. The van der Waals surface area contributed by atoms with Crippen molar-refractivity contribution in [3.63, 3.8) is 0 Å². The van der Waals surface area contributed by atoms with Crippen LogP contribution in [0.3, 0.4) is 0 Å². The topological polar surface area (TPSA) is 23.8 Å². The molecule has 0 spiro atoms. The quantitative estimate of drug-likeness (QED) is 0.532. The number of hydrogen-bond donors (Lipinski definition) is 0. The lowest BCUT2D eigenvalue weighted by atomic mass is 10.1. The Kier molecular flexibility index (Phi) is 5.60. The van der Waals surface area contributed by atoms with E-state index in [4.69, 9.17) is 28.5 Å². The standard InChI is InChI=1S/C12H10Cl2IN/c1-2-3-8(7-16)12(14)10-6-9(13)4-5-11(10)15/h4-6H,2-3H2,1H3/b12-8-. The average molecular weight is 366 g/mol. The molecular weight excluding hydrogens is 356 g/mol. The predicted molar refractivity (Wildman–Crippen MR) is 77.5 cm³/mol. The van der Waals surface area contributed by atoms with E-state index in [-0.39, 0.29) is 0 Å². The Morgan fingerprint density at radius 1 is 1.50 bits per heavy atom. The summed E-state index contributed by atoms with van der Waals surface area (Å²) in [6.07, 6.45) is 1.59. The lowest BCUT2D eigenvalue weighted by Gasteiger charge is -2.06. The first kappa shape index (κ1) is 13.8. The third-order valence-corrected chi connectivity index (χ3v) is 3.67. The highest BCUT2D eigenvalue weighted by Crippen LogP contribution is 2.31. The van der Waals surface area contributed by atoms with Crippen LogP contribution in [0.4, 0.5) is 0 Å². The lowest BCUT2D eigenvalue weighted by molar-refractivity contribution is 0.933. The van der Waals surface area contributed by atoms with Crippen molar-refractivity contribution in [1.29, 1.82) is 5.26 Å². The Bertz CT molecular complexity index is 461. The van der Waals surface area contributed by atoms with Crippen LogP contribution in [0.25, 0.3) is 5.03 Å². The molecule has 0 fully saturated rings. The van der Waals surface area contributed by atoms with Crippen molar-refractivity contribution in [3.05, 3.63) is 37.9 Å². The first-order chi connectivity index (χ1) is 7.60. The van der Waals surface area contributed by atoms with Gasteiger partial charge in [-0.3, -0.25) is 0 Å². The summed E-state index contributed by atoms with van der Waals surface area (Å²) in [5, 5.41) is 10.2. The van der Waals surface area contributed by atoms with Gasteiger partial charge in [0.1, 0.15) is 0 Å². The summed E-state index contributed by atoms with van der Waals surface area (Å²) in [6.45, 7) is 2.02. The van der Waals surface area contributed by atoms with Gasteiger partial charge in [0.2, 0.25) is 0 Å². The van der Waals surface area contributed by atoms with Crippen LogP contribution >= 0.6 is 45.8 Å². The van der Waals surface area contributed by atoms with Crippen LogP contribution in [-0.2, 0) is 0 Å². The largest absolute Gasteiger partial charge is 0.193 e. The summed E-state index contributed by atoms with van der Waals surface area (Å²) in [7, 11) is 0. The van der Waals surface area contributed by atoms with Gasteiger partial charge in [-0.25, -0.2) is 0 Å². The highest BCUT2D eigenvalue weighted by molar-refractivity contribution is 14.1. The van der Waals surface area contributed by atoms with Crippen LogP contribution in [0, 0.1) is 14.9 Å². The van der Waals surface area contributed by atoms with Gasteiger partial charge in [0, 0.05) is 19.7 Å². The van der Waals surface area contributed by atoms with Gasteiger partial charge in [0.25, 0.3) is 0 Å². The van der Waals surface area contributed by atoms with Crippen molar-refractivity contribution < 1.29 is 0 Å². The number of allylic oxidation sites excluding steroid dienone is 1. The number of nitrogens with zero attached hydrogens (tertiary/aromatic N) is 1. The van der Waals surface area contributed by atoms with Gasteiger partial charge < -0.3 is 0 Å². The van der Waals surface area contributed by atoms with Gasteiger partial charge in [-0.2, -0.15) is 5.26 Å². The van der Waals surface area contributed by atoms with Gasteiger partial charge in [0.05, 0.1) is 11.1 Å². The second kappa shape index (κ2) is 6.48. The molecule has 0 bridgehead atoms. The summed E-state index contributed by atoms with van der Waals surface area (Å²) >= 11 is 14.3. The molecule has 0 atom stereocenters. The van der Waals surface area contributed by atoms with E-state index in [9.17, 15) is 0 Å². The molecule has 84 valence electrons. The van der Waals surface area contributed by atoms with E-state index < -0.39 is 0 Å². The minimum absolute atomic E-state index is 0.510. The molecule has 1 nitrogen and oxygen atoms in total. The van der Waals surface area contributed by atoms with E-state index in [2.05, 4.69) is 28.7 Å². The average Bonchev–Trinajstić information content (AvgIpc) is 2.28. The zero-order valence-corrected chi connectivity index (χ0v) is 12.4. The molecule has 0 aromatic heterocycles. The fourth-order valence-electron chi connectivity index (χ4n) is 1.29. The molecule has 0 unspecified atom stereocenters. The van der Waals surface area contributed by atoms with Crippen LogP contribution < -0.4 is 0 Å². The van der Waals surface area contributed by atoms with Gasteiger partial charge in [-0.15, -0.1) is 0 Å². The van der Waals surface area contributed by atoms with E-state index >= 15 is 0 Å². The second-order valence-electron chi connectivity index (χ2n) is 3.28. The second-order valence-corrected chi connectivity index (χ2v) is 5.26. The molecule has 0 saturated heterocycles. The van der Waals surface area contributed by atoms with Crippen molar-refractivity contribution >= 4 is 50.8 Å². The molecule has 16 heavy (non-hydrogen) atoms. The molecule has 1 aromatic rings. The first-order valence-electron chi connectivity index (χ1n) is 4.84. The van der Waals surface area contributed by atoms with Crippen molar-refractivity contribution in [3.8, 4) is 6.07 Å². The van der Waals surface area contributed by atoms with Crippen LogP contribution in [0.15, 0.2) is 23.8 Å². The van der Waals surface area contributed by atoms with E-state index in [0.717, 1.165) is 15.6 Å². The Balaban J connectivity index is 3.27. The molecule has 0 N–H and O–H groups in total. The lowest BCUT2D eigenvalue weighted by Crippen LogP contribution is -1.89. The van der Waals surface area contributed by atoms with Crippen LogP contribution in [0.1, 0.15) is 25.3 Å². The maximum absolute atomic E-state index is 9.02. The number of hydrogen-bond acceptors (Lipinski definition) is 1. The summed E-state index contributed by atoms with van der Waals surface area (Å²) < 4.78 is 0.996. The highest BCUT2D eigenvalue weighted by atomic mass is 127. The van der Waals surface area contributed by atoms with Crippen molar-refractivity contribution in [1.82, 2.24) is 0 Å². The fourth-order valence-corrected chi connectivity index (χ4v) is 2.52. The highest BCUT2D eigenvalue weighted by Gasteiger charge is 2.10. The van der Waals surface area contributed by atoms with Crippen molar-refractivity contribution in [2.24, 2.45) is 0 Å². The Morgan fingerprint density at radius 2 is 2.19 bits per heavy atom. The normalized spacial score (nSPS) is 11.9. The number of rotatable bonds is 3. The first-order valence-corrected chi connectivity index (χ1v) is 6.67. The number of nitriles is 1. The van der Waals surface area contributed by atoms with Gasteiger partial charge in [-0.1, -0.05) is 36.5 Å². The minimum atomic E-state index is 0.510. The zero-order chi connectivity index (χ0) is 12.1. The minimum Gasteiger partial charge on any atom is -0.193 e. The van der Waals surface area contributed by atoms with Crippen LogP contribution in [0.2, 0.25) is 5.02 Å². The van der Waals surface area contributed by atoms with Gasteiger partial charge in [-0.05, 0) is 47.2 Å². The molecule has 0 saturated carbocycles. The fraction of sp³-hybridized carbons (Fsp3) is 0.250. The van der Waals surface area contributed by atoms with Gasteiger partial charge in [0.15, 0.2) is 0 Å². The molecule has 0 aliphatic carbocycles. The molecular formula is C12H10Cl2IN. The third-order valence-electron chi connectivity index (χ3n) is 2.06. The van der Waals surface area contributed by atoms with Crippen LogP contribution in [-0.4, -0.2) is 0 Å². The van der Waals surface area contributed by atoms with E-state index in [1.807, 2.05) is 19.1 Å². The maximum atomic E-state index is 9.02. The molecule has 0 aliphatic rings. The van der Waals surface area contributed by atoms with E-state index in [1.165, 1.54) is 0 Å². The molecule has 4 heteroatoms. The van der Waals surface area contributed by atoms with Gasteiger partial charge >= 0.3 is 0 Å². The number of halogens is 3. The maximum Gasteiger partial charge on any atom is 0.0962 e. The monoisotopic (exact) mass is 365 g/mol. The number of benzene rings is 1. The van der Waals surface area contributed by atoms with E-state index in [0.29, 0.717) is 22.0 Å². The van der Waals surface area contributed by atoms with Crippen molar-refractivity contribution in [2.75, 3.05) is 0 Å². The summed E-state index contributed by atoms with van der Waals surface area (Å²) in [4.78, 5) is 0. The third kappa shape index (κ3) is 3.38. The summed E-state index contributed by atoms with van der Waals surface area (Å²) in [6, 6.07) is 7.64. The molecule has 0 amide bonds. The van der Waals surface area contributed by atoms with E-state index in [1.54, 1.807) is 6.07 Å². The molecule has 0 heterocycles. The molecule has 0 aliphatic heterocycles. The summed E-state index contributed by atoms with van der Waals surface area (Å²) in [5.74, 6) is 0. The van der Waals surface area contributed by atoms with Crippen LogP contribution in [0.5, 0.6) is 0 Å². The zero-order valence-electron chi connectivity index (χ0n) is 8.73. The molecule has 1 rings (SSSR count). The Morgan fingerprint density at radius 3 is 2.75 bits per heavy atom.